The van der Waals surface area contributed by atoms with Gasteiger partial charge in [0.2, 0.25) is 6.08 Å². The van der Waals surface area contributed by atoms with Gasteiger partial charge in [0, 0.05) is 11.0 Å². The number of carbonyl (C=O) groups excluding carboxylic acids is 1. The predicted octanol–water partition coefficient (Wildman–Crippen LogP) is 3.58. The molecule has 0 radical (unpaired) electrons. The molecule has 1 saturated heterocycles. The van der Waals surface area contributed by atoms with Crippen LogP contribution in [0.1, 0.15) is 42.7 Å². The van der Waals surface area contributed by atoms with Gasteiger partial charge in [0.1, 0.15) is 0 Å². The highest BCUT2D eigenvalue weighted by Gasteiger charge is 2.39. The molecule has 1 atom stereocenters. The molecular formula is C16H19BrN2O. The second kappa shape index (κ2) is 5.44. The van der Waals surface area contributed by atoms with E-state index in [0.717, 1.165) is 42.4 Å². The maximum Gasteiger partial charge on any atom is 0.235 e. The standard InChI is InChI=1S/C16H19BrN2O/c1-19-8-5-12(10-19)14-4-3-13(9-15(14)17)16(18-11-20)6-2-7-16/h3-4,9,12H,2,5-8,10H2,1H3. The van der Waals surface area contributed by atoms with Crippen molar-refractivity contribution in [3.63, 3.8) is 0 Å². The van der Waals surface area contributed by atoms with Crippen LogP contribution < -0.4 is 0 Å². The topological polar surface area (TPSA) is 32.7 Å². The van der Waals surface area contributed by atoms with Crippen LogP contribution >= 0.6 is 15.9 Å². The Hall–Kier alpha value is -0.960. The van der Waals surface area contributed by atoms with Crippen molar-refractivity contribution in [3.05, 3.63) is 33.8 Å². The molecule has 1 aliphatic carbocycles. The fourth-order valence-electron chi connectivity index (χ4n) is 3.40. The highest BCUT2D eigenvalue weighted by molar-refractivity contribution is 9.10. The van der Waals surface area contributed by atoms with Gasteiger partial charge in [-0.05, 0) is 62.4 Å². The molecule has 0 N–H and O–H groups in total. The average Bonchev–Trinajstić information content (AvgIpc) is 2.80. The molecule has 0 spiro atoms. The summed E-state index contributed by atoms with van der Waals surface area (Å²) in [5.74, 6) is 0.607. The molecule has 1 heterocycles. The van der Waals surface area contributed by atoms with E-state index >= 15 is 0 Å². The molecule has 3 rings (SSSR count). The zero-order chi connectivity index (χ0) is 14.2. The summed E-state index contributed by atoms with van der Waals surface area (Å²) in [7, 11) is 2.17. The van der Waals surface area contributed by atoms with Crippen molar-refractivity contribution in [1.29, 1.82) is 0 Å². The summed E-state index contributed by atoms with van der Waals surface area (Å²) in [4.78, 5) is 17.1. The second-order valence-corrected chi connectivity index (χ2v) is 6.93. The lowest BCUT2D eigenvalue weighted by Crippen LogP contribution is -2.31. The van der Waals surface area contributed by atoms with Crippen LogP contribution in [-0.2, 0) is 10.3 Å². The summed E-state index contributed by atoms with van der Waals surface area (Å²) < 4.78 is 1.16. The van der Waals surface area contributed by atoms with Crippen LogP contribution in [0.3, 0.4) is 0 Å². The van der Waals surface area contributed by atoms with Gasteiger partial charge in [-0.2, -0.15) is 4.99 Å². The smallest absolute Gasteiger partial charge is 0.235 e. The van der Waals surface area contributed by atoms with Crippen molar-refractivity contribution < 1.29 is 4.79 Å². The minimum atomic E-state index is -0.296. The Morgan fingerprint density at radius 1 is 1.45 bits per heavy atom. The summed E-state index contributed by atoms with van der Waals surface area (Å²) in [5, 5.41) is 0. The minimum Gasteiger partial charge on any atom is -0.306 e. The van der Waals surface area contributed by atoms with Crippen molar-refractivity contribution in [2.75, 3.05) is 20.1 Å². The van der Waals surface area contributed by atoms with Gasteiger partial charge in [0.25, 0.3) is 0 Å². The van der Waals surface area contributed by atoms with E-state index in [1.807, 2.05) is 0 Å². The van der Waals surface area contributed by atoms with Crippen LogP contribution in [0.15, 0.2) is 27.7 Å². The molecule has 1 aliphatic heterocycles. The summed E-state index contributed by atoms with van der Waals surface area (Å²) in [6.45, 7) is 2.29. The monoisotopic (exact) mass is 334 g/mol. The highest BCUT2D eigenvalue weighted by Crippen LogP contribution is 2.46. The first-order valence-electron chi connectivity index (χ1n) is 7.22. The van der Waals surface area contributed by atoms with Crippen molar-refractivity contribution in [1.82, 2.24) is 4.90 Å². The summed E-state index contributed by atoms with van der Waals surface area (Å²) in [6, 6.07) is 6.52. The fraction of sp³-hybridized carbons (Fsp3) is 0.562. The average molecular weight is 335 g/mol. The van der Waals surface area contributed by atoms with E-state index in [-0.39, 0.29) is 5.54 Å². The van der Waals surface area contributed by atoms with Crippen LogP contribution in [0.25, 0.3) is 0 Å². The number of hydrogen-bond donors (Lipinski definition) is 0. The van der Waals surface area contributed by atoms with Gasteiger partial charge in [0.05, 0.1) is 5.54 Å². The number of likely N-dealkylation sites (N-methyl/N-ethyl adjacent to an activating group) is 1. The fourth-order valence-corrected chi connectivity index (χ4v) is 4.10. The lowest BCUT2D eigenvalue weighted by atomic mass is 9.72. The van der Waals surface area contributed by atoms with Gasteiger partial charge < -0.3 is 4.90 Å². The molecule has 1 unspecified atom stereocenters. The Morgan fingerprint density at radius 2 is 2.25 bits per heavy atom. The molecule has 106 valence electrons. The molecule has 4 heteroatoms. The molecule has 2 fully saturated rings. The quantitative estimate of drug-likeness (QED) is 0.625. The SMILES string of the molecule is CN1CCC(c2ccc(C3(N=C=O)CCC3)cc2Br)C1. The zero-order valence-corrected chi connectivity index (χ0v) is 13.3. The number of hydrogen-bond acceptors (Lipinski definition) is 3. The first-order valence-corrected chi connectivity index (χ1v) is 8.01. The van der Waals surface area contributed by atoms with E-state index in [1.54, 1.807) is 6.08 Å². The molecule has 1 aromatic rings. The molecule has 0 bridgehead atoms. The van der Waals surface area contributed by atoms with Crippen molar-refractivity contribution in [2.45, 2.75) is 37.1 Å². The van der Waals surface area contributed by atoms with Crippen LogP contribution in [0, 0.1) is 0 Å². The van der Waals surface area contributed by atoms with Gasteiger partial charge in [0.15, 0.2) is 0 Å². The molecule has 0 amide bonds. The van der Waals surface area contributed by atoms with E-state index in [9.17, 15) is 4.79 Å². The number of nitrogens with zero attached hydrogens (tertiary/aromatic N) is 2. The van der Waals surface area contributed by atoms with Crippen LogP contribution in [0.5, 0.6) is 0 Å². The third kappa shape index (κ3) is 2.37. The van der Waals surface area contributed by atoms with Crippen LogP contribution in [-0.4, -0.2) is 31.1 Å². The van der Waals surface area contributed by atoms with Gasteiger partial charge in [-0.25, -0.2) is 4.79 Å². The van der Waals surface area contributed by atoms with Crippen LogP contribution in [0.2, 0.25) is 0 Å². The second-order valence-electron chi connectivity index (χ2n) is 6.07. The van der Waals surface area contributed by atoms with Gasteiger partial charge in [-0.15, -0.1) is 0 Å². The number of aliphatic imine (C=N–C) groups is 1. The zero-order valence-electron chi connectivity index (χ0n) is 11.7. The Bertz CT molecular complexity index is 562. The lowest BCUT2D eigenvalue weighted by molar-refractivity contribution is 0.256. The van der Waals surface area contributed by atoms with E-state index < -0.39 is 0 Å². The Balaban J connectivity index is 1.89. The Labute approximate surface area is 128 Å². The van der Waals surface area contributed by atoms with Crippen LogP contribution in [0.4, 0.5) is 0 Å². The normalized spacial score (nSPS) is 25.0. The van der Waals surface area contributed by atoms with E-state index in [0.29, 0.717) is 5.92 Å². The number of rotatable bonds is 3. The van der Waals surface area contributed by atoms with Crippen molar-refractivity contribution in [2.24, 2.45) is 4.99 Å². The molecule has 20 heavy (non-hydrogen) atoms. The number of likely N-dealkylation sites (tertiary alicyclic amines) is 1. The van der Waals surface area contributed by atoms with Crippen molar-refractivity contribution >= 4 is 22.0 Å². The van der Waals surface area contributed by atoms with Gasteiger partial charge in [-0.1, -0.05) is 28.1 Å². The van der Waals surface area contributed by atoms with E-state index in [2.05, 4.69) is 51.1 Å². The summed E-state index contributed by atoms with van der Waals surface area (Å²) in [6.07, 6.45) is 6.03. The molecule has 1 aromatic carbocycles. The minimum absolute atomic E-state index is 0.296. The molecule has 0 aromatic heterocycles. The third-order valence-electron chi connectivity index (χ3n) is 4.81. The van der Waals surface area contributed by atoms with E-state index in [4.69, 9.17) is 0 Å². The molecule has 1 saturated carbocycles. The summed E-state index contributed by atoms with van der Waals surface area (Å²) in [5.41, 5.74) is 2.23. The molecule has 2 aliphatic rings. The Morgan fingerprint density at radius 3 is 2.75 bits per heavy atom. The molecule has 3 nitrogen and oxygen atoms in total. The predicted molar refractivity (Wildman–Crippen MR) is 82.6 cm³/mol. The largest absolute Gasteiger partial charge is 0.306 e. The first-order chi connectivity index (χ1) is 9.64. The number of benzene rings is 1. The van der Waals surface area contributed by atoms with E-state index in [1.165, 1.54) is 12.0 Å². The van der Waals surface area contributed by atoms with Gasteiger partial charge in [-0.3, -0.25) is 0 Å². The highest BCUT2D eigenvalue weighted by atomic mass is 79.9. The Kier molecular flexibility index (Phi) is 3.80. The van der Waals surface area contributed by atoms with Crippen molar-refractivity contribution in [3.8, 4) is 0 Å². The van der Waals surface area contributed by atoms with Gasteiger partial charge >= 0.3 is 0 Å². The molecular weight excluding hydrogens is 316 g/mol. The number of isocyanates is 1. The number of halogens is 1. The third-order valence-corrected chi connectivity index (χ3v) is 5.50. The lowest BCUT2D eigenvalue weighted by Gasteiger charge is -2.37. The summed E-state index contributed by atoms with van der Waals surface area (Å²) >= 11 is 3.72. The maximum absolute atomic E-state index is 10.7. The maximum atomic E-state index is 10.7. The first kappa shape index (κ1) is 14.0.